The second kappa shape index (κ2) is 12.6. The molecule has 6 heteroatoms. The Morgan fingerprint density at radius 3 is 2.41 bits per heavy atom. The smallest absolute Gasteiger partial charge is 0.339 e. The predicted molar refractivity (Wildman–Crippen MR) is 149 cm³/mol. The quantitative estimate of drug-likeness (QED) is 0.321. The lowest BCUT2D eigenvalue weighted by molar-refractivity contribution is 0.0686. The Labute approximate surface area is 225 Å². The van der Waals surface area contributed by atoms with Crippen molar-refractivity contribution in [2.75, 3.05) is 6.54 Å². The molecule has 1 saturated carbocycles. The molecule has 0 spiro atoms. The molecule has 0 bridgehead atoms. The van der Waals surface area contributed by atoms with Gasteiger partial charge in [0.2, 0.25) is 0 Å². The molecule has 5 rings (SSSR count). The predicted octanol–water partition coefficient (Wildman–Crippen LogP) is 6.37. The first-order valence-electron chi connectivity index (χ1n) is 13.2. The minimum absolute atomic E-state index is 0. The number of aliphatic hydroxyl groups is 1. The molecule has 0 amide bonds. The van der Waals surface area contributed by atoms with Gasteiger partial charge < -0.3 is 20.3 Å². The number of nitrogens with one attached hydrogen (secondary N) is 1. The van der Waals surface area contributed by atoms with E-state index in [1.807, 2.05) is 42.5 Å². The van der Waals surface area contributed by atoms with Crippen molar-refractivity contribution in [3.63, 3.8) is 0 Å². The fraction of sp³-hybridized carbons (Fsp3) is 0.387. The zero-order valence-corrected chi connectivity index (χ0v) is 21.9. The van der Waals surface area contributed by atoms with Crippen LogP contribution in [0, 0.1) is 0 Å². The summed E-state index contributed by atoms with van der Waals surface area (Å²) in [5, 5.41) is 23.8. The molecule has 196 valence electrons. The van der Waals surface area contributed by atoms with E-state index < -0.39 is 12.1 Å². The highest BCUT2D eigenvalue weighted by molar-refractivity contribution is 5.92. The van der Waals surface area contributed by atoms with E-state index in [4.69, 9.17) is 4.74 Å². The van der Waals surface area contributed by atoms with Gasteiger partial charge in [0.15, 0.2) is 0 Å². The number of hydrogen-bond donors (Lipinski definition) is 3. The van der Waals surface area contributed by atoms with Crippen molar-refractivity contribution in [1.29, 1.82) is 0 Å². The molecule has 2 aliphatic carbocycles. The Morgan fingerprint density at radius 1 is 0.919 bits per heavy atom. The number of carbonyl (C=O) groups is 1. The van der Waals surface area contributed by atoms with Crippen molar-refractivity contribution in [2.24, 2.45) is 0 Å². The summed E-state index contributed by atoms with van der Waals surface area (Å²) in [6.45, 7) is 0.530. The van der Waals surface area contributed by atoms with Crippen LogP contribution in [-0.4, -0.2) is 34.9 Å². The standard InChI is InChI=1S/C31H35NO4.ClH/c33-29(22-7-3-1-4-8-22)20-32-26-15-13-21-11-12-23(17-25(21)18-26)24-14-16-28(31(34)35)30(19-24)36-27-9-5-2-6-10-27;/h1,3-4,7-8,11-12,14,16-17,19,26-27,29,32-33H,2,5-6,9-10,13,15,18,20H2,(H,34,35);1H/t26-,29-;/m0./s1. The lowest BCUT2D eigenvalue weighted by Gasteiger charge is -2.27. The van der Waals surface area contributed by atoms with Gasteiger partial charge in [0, 0.05) is 12.6 Å². The van der Waals surface area contributed by atoms with Gasteiger partial charge in [-0.2, -0.15) is 0 Å². The highest BCUT2D eigenvalue weighted by Crippen LogP contribution is 2.33. The van der Waals surface area contributed by atoms with Crippen LogP contribution in [0.5, 0.6) is 5.75 Å². The van der Waals surface area contributed by atoms with Crippen LogP contribution < -0.4 is 10.1 Å². The van der Waals surface area contributed by atoms with Crippen LogP contribution >= 0.6 is 12.4 Å². The van der Waals surface area contributed by atoms with Crippen LogP contribution in [-0.2, 0) is 12.8 Å². The summed E-state index contributed by atoms with van der Waals surface area (Å²) in [4.78, 5) is 11.8. The zero-order valence-electron chi connectivity index (χ0n) is 21.1. The Kier molecular flexibility index (Phi) is 9.25. The minimum Gasteiger partial charge on any atom is -0.490 e. The van der Waals surface area contributed by atoms with E-state index in [0.29, 0.717) is 18.3 Å². The summed E-state index contributed by atoms with van der Waals surface area (Å²) in [6.07, 6.45) is 7.98. The van der Waals surface area contributed by atoms with Crippen molar-refractivity contribution in [1.82, 2.24) is 5.32 Å². The normalized spacial score (nSPS) is 18.4. The molecule has 0 radical (unpaired) electrons. The lowest BCUT2D eigenvalue weighted by Crippen LogP contribution is -2.37. The first kappa shape index (κ1) is 27.2. The molecule has 0 saturated heterocycles. The molecule has 3 N–H and O–H groups in total. The van der Waals surface area contributed by atoms with Gasteiger partial charge in [-0.1, -0.05) is 61.0 Å². The van der Waals surface area contributed by atoms with E-state index in [9.17, 15) is 15.0 Å². The number of halogens is 1. The number of carboxylic acid groups (broad SMARTS) is 1. The lowest BCUT2D eigenvalue weighted by atomic mass is 9.86. The van der Waals surface area contributed by atoms with Gasteiger partial charge in [-0.05, 0) is 84.9 Å². The largest absolute Gasteiger partial charge is 0.490 e. The number of aliphatic hydroxyl groups excluding tert-OH is 1. The fourth-order valence-corrected chi connectivity index (χ4v) is 5.52. The van der Waals surface area contributed by atoms with E-state index in [2.05, 4.69) is 23.5 Å². The number of ether oxygens (including phenoxy) is 1. The van der Waals surface area contributed by atoms with Crippen LogP contribution in [0.2, 0.25) is 0 Å². The number of fused-ring (bicyclic) bond motifs is 1. The summed E-state index contributed by atoms with van der Waals surface area (Å²) in [7, 11) is 0. The second-order valence-corrected chi connectivity index (χ2v) is 10.2. The van der Waals surface area contributed by atoms with Crippen molar-refractivity contribution < 1.29 is 19.7 Å². The Morgan fingerprint density at radius 2 is 1.65 bits per heavy atom. The maximum absolute atomic E-state index is 11.8. The second-order valence-electron chi connectivity index (χ2n) is 10.2. The first-order chi connectivity index (χ1) is 17.6. The third-order valence-corrected chi connectivity index (χ3v) is 7.61. The summed E-state index contributed by atoms with van der Waals surface area (Å²) >= 11 is 0. The maximum Gasteiger partial charge on any atom is 0.339 e. The molecule has 0 unspecified atom stereocenters. The maximum atomic E-state index is 11.8. The summed E-state index contributed by atoms with van der Waals surface area (Å²) < 4.78 is 6.22. The van der Waals surface area contributed by atoms with Gasteiger partial charge in [-0.25, -0.2) is 4.79 Å². The molecule has 1 fully saturated rings. The van der Waals surface area contributed by atoms with E-state index >= 15 is 0 Å². The summed E-state index contributed by atoms with van der Waals surface area (Å²) in [5.41, 5.74) is 5.87. The molecular formula is C31H36ClNO4. The highest BCUT2D eigenvalue weighted by atomic mass is 35.5. The van der Waals surface area contributed by atoms with Crippen molar-refractivity contribution in [2.45, 2.75) is 69.6 Å². The van der Waals surface area contributed by atoms with Crippen molar-refractivity contribution in [3.05, 3.63) is 89.0 Å². The SMILES string of the molecule is Cl.O=C(O)c1ccc(-c2ccc3c(c2)C[C@@H](NC[C@H](O)c2ccccc2)CC3)cc1OC1CCCCC1. The van der Waals surface area contributed by atoms with E-state index in [-0.39, 0.29) is 24.1 Å². The molecule has 2 atom stereocenters. The third-order valence-electron chi connectivity index (χ3n) is 7.61. The number of carboxylic acids is 1. The average molecular weight is 522 g/mol. The number of aryl methyl sites for hydroxylation is 1. The summed E-state index contributed by atoms with van der Waals surface area (Å²) in [6, 6.07) is 22.1. The average Bonchev–Trinajstić information content (AvgIpc) is 2.92. The van der Waals surface area contributed by atoms with Gasteiger partial charge >= 0.3 is 5.97 Å². The van der Waals surface area contributed by atoms with Gasteiger partial charge in [0.25, 0.3) is 0 Å². The van der Waals surface area contributed by atoms with Crippen LogP contribution in [0.15, 0.2) is 66.7 Å². The van der Waals surface area contributed by atoms with Crippen LogP contribution in [0.4, 0.5) is 0 Å². The number of aromatic carboxylic acids is 1. The Bertz CT molecular complexity index is 1190. The van der Waals surface area contributed by atoms with E-state index in [1.54, 1.807) is 6.07 Å². The van der Waals surface area contributed by atoms with E-state index in [0.717, 1.165) is 61.6 Å². The third kappa shape index (κ3) is 6.72. The molecule has 5 nitrogen and oxygen atoms in total. The summed E-state index contributed by atoms with van der Waals surface area (Å²) in [5.74, 6) is -0.483. The minimum atomic E-state index is -0.954. The number of benzene rings is 3. The van der Waals surface area contributed by atoms with E-state index in [1.165, 1.54) is 17.5 Å². The molecule has 2 aliphatic rings. The fourth-order valence-electron chi connectivity index (χ4n) is 5.52. The van der Waals surface area contributed by atoms with Gasteiger partial charge in [0.1, 0.15) is 11.3 Å². The van der Waals surface area contributed by atoms with Crippen LogP contribution in [0.25, 0.3) is 11.1 Å². The monoisotopic (exact) mass is 521 g/mol. The van der Waals surface area contributed by atoms with Crippen LogP contribution in [0.3, 0.4) is 0 Å². The van der Waals surface area contributed by atoms with Gasteiger partial charge in [-0.15, -0.1) is 12.4 Å². The molecule has 0 aliphatic heterocycles. The molecule has 37 heavy (non-hydrogen) atoms. The van der Waals surface area contributed by atoms with Crippen LogP contribution in [0.1, 0.15) is 71.7 Å². The molecule has 0 heterocycles. The van der Waals surface area contributed by atoms with Crippen molar-refractivity contribution >= 4 is 18.4 Å². The first-order valence-corrected chi connectivity index (χ1v) is 13.2. The molecule has 3 aromatic carbocycles. The zero-order chi connectivity index (χ0) is 24.9. The van der Waals surface area contributed by atoms with Gasteiger partial charge in [-0.3, -0.25) is 0 Å². The Balaban J connectivity index is 0.00000320. The number of hydrogen-bond acceptors (Lipinski definition) is 4. The topological polar surface area (TPSA) is 78.8 Å². The number of rotatable bonds is 8. The molecule has 3 aromatic rings. The molecule has 0 aromatic heterocycles. The van der Waals surface area contributed by atoms with Gasteiger partial charge in [0.05, 0.1) is 12.2 Å². The Hall–Kier alpha value is -2.86. The highest BCUT2D eigenvalue weighted by Gasteiger charge is 2.22. The molecular weight excluding hydrogens is 486 g/mol. The van der Waals surface area contributed by atoms with Crippen molar-refractivity contribution in [3.8, 4) is 16.9 Å².